The molecule has 0 saturated carbocycles. The standard InChI is InChI=1S/C29H27FN4O3/c1-31-12-14-33(15-13-31)29(36)21-17-34-23-9-8-18-6-2-3-7-19(18)27(23)37-28-24(34)20(26(21)35)16-22(30)25(28)32-10-4-5-11-32/h2-3,6-9,16-17H,4-5,10-15H2,1H3. The van der Waals surface area contributed by atoms with Crippen LogP contribution < -0.4 is 15.1 Å². The second-order valence-electron chi connectivity index (χ2n) is 10.2. The van der Waals surface area contributed by atoms with Gasteiger partial charge in [-0.2, -0.15) is 0 Å². The molecule has 0 bridgehead atoms. The van der Waals surface area contributed by atoms with Gasteiger partial charge in [0.15, 0.2) is 17.3 Å². The van der Waals surface area contributed by atoms with Gasteiger partial charge in [-0.1, -0.05) is 30.3 Å². The summed E-state index contributed by atoms with van der Waals surface area (Å²) < 4.78 is 24.2. The molecule has 0 atom stereocenters. The SMILES string of the molecule is CN1CCN(C(=O)c2cn3c4c(c(N5CCCC5)c(F)cc4c2=O)Oc2c-3ccc3ccccc23)CC1. The molecule has 2 fully saturated rings. The highest BCUT2D eigenvalue weighted by Crippen LogP contribution is 2.49. The number of benzene rings is 3. The van der Waals surface area contributed by atoms with E-state index in [1.54, 1.807) is 11.1 Å². The van der Waals surface area contributed by atoms with Gasteiger partial charge < -0.3 is 24.0 Å². The van der Waals surface area contributed by atoms with Crippen LogP contribution in [0.25, 0.3) is 27.4 Å². The fourth-order valence-corrected chi connectivity index (χ4v) is 5.90. The zero-order valence-electron chi connectivity index (χ0n) is 20.7. The molecule has 37 heavy (non-hydrogen) atoms. The van der Waals surface area contributed by atoms with E-state index in [0.717, 1.165) is 55.5 Å². The molecule has 0 radical (unpaired) electrons. The number of pyridine rings is 1. The molecule has 0 spiro atoms. The molecule has 188 valence electrons. The van der Waals surface area contributed by atoms with Crippen molar-refractivity contribution in [1.82, 2.24) is 14.4 Å². The zero-order chi connectivity index (χ0) is 25.3. The number of piperazine rings is 1. The lowest BCUT2D eigenvalue weighted by atomic mass is 10.0. The number of hydrogen-bond donors (Lipinski definition) is 0. The number of carbonyl (C=O) groups is 1. The van der Waals surface area contributed by atoms with Crippen molar-refractivity contribution >= 4 is 33.3 Å². The monoisotopic (exact) mass is 498 g/mol. The Bertz CT molecular complexity index is 1650. The Labute approximate surface area is 213 Å². The average molecular weight is 499 g/mol. The highest BCUT2D eigenvalue weighted by Gasteiger charge is 2.33. The van der Waals surface area contributed by atoms with E-state index in [1.165, 1.54) is 6.07 Å². The van der Waals surface area contributed by atoms with Crippen molar-refractivity contribution in [2.75, 3.05) is 51.2 Å². The van der Waals surface area contributed by atoms with Gasteiger partial charge in [-0.05, 0) is 37.4 Å². The summed E-state index contributed by atoms with van der Waals surface area (Å²) in [6.07, 6.45) is 3.58. The molecular formula is C29H27FN4O3. The summed E-state index contributed by atoms with van der Waals surface area (Å²) >= 11 is 0. The van der Waals surface area contributed by atoms with E-state index in [-0.39, 0.29) is 16.9 Å². The highest BCUT2D eigenvalue weighted by molar-refractivity contribution is 6.03. The van der Waals surface area contributed by atoms with Crippen LogP contribution in [0.5, 0.6) is 11.5 Å². The minimum atomic E-state index is -0.499. The number of fused-ring (bicyclic) bond motifs is 4. The van der Waals surface area contributed by atoms with Crippen LogP contribution in [0, 0.1) is 5.82 Å². The summed E-state index contributed by atoms with van der Waals surface area (Å²) in [5, 5.41) is 2.05. The molecule has 4 heterocycles. The molecule has 7 rings (SSSR count). The number of rotatable bonds is 2. The van der Waals surface area contributed by atoms with Gasteiger partial charge in [-0.3, -0.25) is 9.59 Å². The lowest BCUT2D eigenvalue weighted by molar-refractivity contribution is 0.0662. The zero-order valence-corrected chi connectivity index (χ0v) is 20.7. The molecule has 1 amide bonds. The van der Waals surface area contributed by atoms with Gasteiger partial charge >= 0.3 is 0 Å². The first-order valence-corrected chi connectivity index (χ1v) is 12.9. The molecule has 3 aliphatic rings. The van der Waals surface area contributed by atoms with Crippen molar-refractivity contribution in [3.8, 4) is 17.2 Å². The first-order valence-electron chi connectivity index (χ1n) is 12.9. The minimum Gasteiger partial charge on any atom is -0.450 e. The van der Waals surface area contributed by atoms with Crippen molar-refractivity contribution in [2.24, 2.45) is 0 Å². The number of hydrogen-bond acceptors (Lipinski definition) is 5. The Balaban J connectivity index is 1.52. The number of nitrogens with zero attached hydrogens (tertiary/aromatic N) is 4. The minimum absolute atomic E-state index is 0.0531. The van der Waals surface area contributed by atoms with E-state index in [4.69, 9.17) is 4.74 Å². The third-order valence-corrected chi connectivity index (χ3v) is 7.94. The van der Waals surface area contributed by atoms with Crippen molar-refractivity contribution in [1.29, 1.82) is 0 Å². The van der Waals surface area contributed by atoms with Crippen molar-refractivity contribution < 1.29 is 13.9 Å². The van der Waals surface area contributed by atoms with Crippen LogP contribution in [-0.4, -0.2) is 66.6 Å². The van der Waals surface area contributed by atoms with Crippen LogP contribution in [0.1, 0.15) is 23.2 Å². The van der Waals surface area contributed by atoms with Crippen LogP contribution >= 0.6 is 0 Å². The molecular weight excluding hydrogens is 471 g/mol. The summed E-state index contributed by atoms with van der Waals surface area (Å²) in [6, 6.07) is 13.1. The number of aromatic nitrogens is 1. The summed E-state index contributed by atoms with van der Waals surface area (Å²) in [5.74, 6) is 0.125. The van der Waals surface area contributed by atoms with Gasteiger partial charge in [-0.15, -0.1) is 0 Å². The number of likely N-dealkylation sites (N-methyl/N-ethyl adjacent to an activating group) is 1. The number of ether oxygens (including phenoxy) is 1. The Morgan fingerprint density at radius 1 is 0.919 bits per heavy atom. The summed E-state index contributed by atoms with van der Waals surface area (Å²) in [4.78, 5) is 33.2. The molecule has 8 heteroatoms. The quantitative estimate of drug-likeness (QED) is 0.362. The van der Waals surface area contributed by atoms with E-state index in [0.29, 0.717) is 35.8 Å². The Hall–Kier alpha value is -3.91. The van der Waals surface area contributed by atoms with Crippen LogP contribution in [0.3, 0.4) is 0 Å². The molecule has 2 saturated heterocycles. The van der Waals surface area contributed by atoms with E-state index in [1.807, 2.05) is 52.9 Å². The Morgan fingerprint density at radius 3 is 2.46 bits per heavy atom. The third kappa shape index (κ3) is 3.35. The van der Waals surface area contributed by atoms with Crippen molar-refractivity contribution in [3.63, 3.8) is 0 Å². The first kappa shape index (κ1) is 22.3. The van der Waals surface area contributed by atoms with Crippen LogP contribution in [0.4, 0.5) is 10.1 Å². The van der Waals surface area contributed by atoms with Gasteiger partial charge in [0.25, 0.3) is 5.91 Å². The van der Waals surface area contributed by atoms with Gasteiger partial charge in [0.2, 0.25) is 5.43 Å². The molecule has 0 aliphatic carbocycles. The molecule has 1 aromatic heterocycles. The van der Waals surface area contributed by atoms with Gasteiger partial charge in [-0.25, -0.2) is 4.39 Å². The van der Waals surface area contributed by atoms with Gasteiger partial charge in [0.05, 0.1) is 11.1 Å². The highest BCUT2D eigenvalue weighted by atomic mass is 19.1. The van der Waals surface area contributed by atoms with E-state index < -0.39 is 11.2 Å². The number of carbonyl (C=O) groups excluding carboxylic acids is 1. The number of halogens is 1. The fourth-order valence-electron chi connectivity index (χ4n) is 5.90. The van der Waals surface area contributed by atoms with E-state index in [9.17, 15) is 9.59 Å². The Kier molecular flexibility index (Phi) is 5.01. The van der Waals surface area contributed by atoms with Crippen LogP contribution in [0.15, 0.2) is 53.5 Å². The molecule has 0 N–H and O–H groups in total. The normalized spacial score (nSPS) is 17.4. The van der Waals surface area contributed by atoms with E-state index in [2.05, 4.69) is 4.90 Å². The molecule has 3 aromatic carbocycles. The topological polar surface area (TPSA) is 58.0 Å². The van der Waals surface area contributed by atoms with E-state index >= 15 is 4.39 Å². The first-order chi connectivity index (χ1) is 18.0. The largest absolute Gasteiger partial charge is 0.450 e. The lowest BCUT2D eigenvalue weighted by Crippen LogP contribution is -2.48. The van der Waals surface area contributed by atoms with Crippen LogP contribution in [-0.2, 0) is 0 Å². The van der Waals surface area contributed by atoms with Crippen molar-refractivity contribution in [2.45, 2.75) is 12.8 Å². The molecule has 0 unspecified atom stereocenters. The second kappa shape index (κ2) is 8.31. The fraction of sp³-hybridized carbons (Fsp3) is 0.310. The number of amides is 1. The van der Waals surface area contributed by atoms with Crippen molar-refractivity contribution in [3.05, 3.63) is 70.3 Å². The van der Waals surface area contributed by atoms with Crippen LogP contribution in [0.2, 0.25) is 0 Å². The number of anilines is 1. The maximum Gasteiger partial charge on any atom is 0.259 e. The molecule has 4 aromatic rings. The molecule has 3 aliphatic heterocycles. The second-order valence-corrected chi connectivity index (χ2v) is 10.2. The summed E-state index contributed by atoms with van der Waals surface area (Å²) in [7, 11) is 2.01. The smallest absolute Gasteiger partial charge is 0.259 e. The Morgan fingerprint density at radius 2 is 1.68 bits per heavy atom. The maximum absolute atomic E-state index is 15.8. The van der Waals surface area contributed by atoms with Gasteiger partial charge in [0.1, 0.15) is 16.8 Å². The molecule has 7 nitrogen and oxygen atoms in total. The summed E-state index contributed by atoms with van der Waals surface area (Å²) in [6.45, 7) is 4.04. The third-order valence-electron chi connectivity index (χ3n) is 7.94. The maximum atomic E-state index is 15.8. The lowest BCUT2D eigenvalue weighted by Gasteiger charge is -2.33. The summed E-state index contributed by atoms with van der Waals surface area (Å²) in [5.41, 5.74) is 1.21. The predicted octanol–water partition coefficient (Wildman–Crippen LogP) is 4.38. The predicted molar refractivity (Wildman–Crippen MR) is 142 cm³/mol. The van der Waals surface area contributed by atoms with Gasteiger partial charge in [0, 0.05) is 50.9 Å². The average Bonchev–Trinajstić information content (AvgIpc) is 3.44.